The Morgan fingerprint density at radius 1 is 1.35 bits per heavy atom. The van der Waals surface area contributed by atoms with Gasteiger partial charge in [0.25, 0.3) is 0 Å². The fraction of sp³-hybridized carbons (Fsp3) is 0.500. The first-order valence-corrected chi connectivity index (χ1v) is 5.98. The highest BCUT2D eigenvalue weighted by molar-refractivity contribution is 5.80. The van der Waals surface area contributed by atoms with Gasteiger partial charge in [-0.1, -0.05) is 19.1 Å². The largest absolute Gasteiger partial charge is 0.481 e. The number of nitrogens with one attached hydrogen (secondary N) is 1. The molecule has 1 aromatic carbocycles. The molecule has 3 nitrogen and oxygen atoms in total. The van der Waals surface area contributed by atoms with Gasteiger partial charge < -0.3 is 10.4 Å². The average Bonchev–Trinajstić information content (AvgIpc) is 2.29. The van der Waals surface area contributed by atoms with Gasteiger partial charge in [0.2, 0.25) is 0 Å². The molecule has 17 heavy (non-hydrogen) atoms. The van der Waals surface area contributed by atoms with Crippen LogP contribution in [0, 0.1) is 0 Å². The lowest BCUT2D eigenvalue weighted by Crippen LogP contribution is -2.28. The molecule has 0 saturated carbocycles. The minimum atomic E-state index is -0.838. The Labute approximate surface area is 103 Å². The normalized spacial score (nSPS) is 13.2. The average molecular weight is 235 g/mol. The van der Waals surface area contributed by atoms with E-state index in [0.717, 1.165) is 17.7 Å². The molecule has 0 aliphatic heterocycles. The van der Waals surface area contributed by atoms with Crippen LogP contribution in [0.15, 0.2) is 24.3 Å². The molecule has 1 unspecified atom stereocenters. The number of carbonyl (C=O) groups is 1. The molecule has 1 rings (SSSR count). The molecule has 0 amide bonds. The maximum atomic E-state index is 11.1. The molecule has 0 heterocycles. The first-order valence-electron chi connectivity index (χ1n) is 5.98. The van der Waals surface area contributed by atoms with Crippen LogP contribution in [0.1, 0.15) is 39.7 Å². The summed E-state index contributed by atoms with van der Waals surface area (Å²) < 4.78 is 0. The van der Waals surface area contributed by atoms with E-state index in [0.29, 0.717) is 6.04 Å². The van der Waals surface area contributed by atoms with Crippen LogP contribution >= 0.6 is 0 Å². The molecule has 3 heteroatoms. The maximum Gasteiger partial charge on any atom is 0.313 e. The van der Waals surface area contributed by atoms with Gasteiger partial charge in [-0.05, 0) is 44.9 Å². The monoisotopic (exact) mass is 235 g/mol. The molecule has 0 spiro atoms. The quantitative estimate of drug-likeness (QED) is 0.823. The molecule has 0 saturated heterocycles. The van der Waals surface area contributed by atoms with Crippen LogP contribution in [0.25, 0.3) is 0 Å². The molecular weight excluding hydrogens is 214 g/mol. The first kappa shape index (κ1) is 13.6. The van der Waals surface area contributed by atoms with E-state index in [-0.39, 0.29) is 0 Å². The maximum absolute atomic E-state index is 11.1. The number of anilines is 1. The fourth-order valence-corrected chi connectivity index (χ4v) is 1.49. The summed E-state index contributed by atoms with van der Waals surface area (Å²) in [5.74, 6) is -0.805. The predicted molar refractivity (Wildman–Crippen MR) is 70.5 cm³/mol. The third-order valence-corrected chi connectivity index (χ3v) is 3.17. The van der Waals surface area contributed by atoms with Crippen molar-refractivity contribution in [1.82, 2.24) is 0 Å². The van der Waals surface area contributed by atoms with Gasteiger partial charge in [0.05, 0.1) is 5.41 Å². The van der Waals surface area contributed by atoms with Crippen LogP contribution in [0.4, 0.5) is 5.69 Å². The van der Waals surface area contributed by atoms with Crippen molar-refractivity contribution >= 4 is 11.7 Å². The molecule has 0 radical (unpaired) electrons. The Hall–Kier alpha value is -1.51. The molecule has 94 valence electrons. The summed E-state index contributed by atoms with van der Waals surface area (Å²) in [5.41, 5.74) is 1.01. The summed E-state index contributed by atoms with van der Waals surface area (Å²) in [6.07, 6.45) is 1.06. The number of hydrogen-bond donors (Lipinski definition) is 2. The highest BCUT2D eigenvalue weighted by Gasteiger charge is 2.29. The summed E-state index contributed by atoms with van der Waals surface area (Å²) in [6, 6.07) is 8.05. The van der Waals surface area contributed by atoms with Crippen molar-refractivity contribution < 1.29 is 9.90 Å². The second kappa shape index (κ2) is 5.21. The van der Waals surface area contributed by atoms with Crippen LogP contribution < -0.4 is 5.32 Å². The van der Waals surface area contributed by atoms with Crippen LogP contribution in [-0.2, 0) is 10.2 Å². The van der Waals surface area contributed by atoms with Crippen molar-refractivity contribution in [1.29, 1.82) is 0 Å². The number of hydrogen-bond acceptors (Lipinski definition) is 2. The fourth-order valence-electron chi connectivity index (χ4n) is 1.49. The van der Waals surface area contributed by atoms with E-state index in [1.807, 2.05) is 24.3 Å². The van der Waals surface area contributed by atoms with E-state index in [4.69, 9.17) is 5.11 Å². The summed E-state index contributed by atoms with van der Waals surface area (Å²) in [4.78, 5) is 11.1. The predicted octanol–water partition coefficient (Wildman–Crippen LogP) is 3.26. The van der Waals surface area contributed by atoms with Crippen LogP contribution in [0.5, 0.6) is 0 Å². The lowest BCUT2D eigenvalue weighted by atomic mass is 9.85. The zero-order valence-electron chi connectivity index (χ0n) is 10.9. The Bertz CT molecular complexity index is 382. The van der Waals surface area contributed by atoms with E-state index < -0.39 is 11.4 Å². The van der Waals surface area contributed by atoms with Crippen molar-refractivity contribution in [2.75, 3.05) is 5.32 Å². The lowest BCUT2D eigenvalue weighted by Gasteiger charge is -2.20. The molecule has 1 aromatic rings. The van der Waals surface area contributed by atoms with Crippen LogP contribution in [0.2, 0.25) is 0 Å². The molecule has 0 aromatic heterocycles. The lowest BCUT2D eigenvalue weighted by molar-refractivity contribution is -0.142. The third kappa shape index (κ3) is 3.22. The first-order chi connectivity index (χ1) is 7.87. The molecule has 0 aliphatic rings. The minimum absolute atomic E-state index is 0.424. The Kier molecular flexibility index (Phi) is 4.16. The van der Waals surface area contributed by atoms with E-state index in [2.05, 4.69) is 19.2 Å². The third-order valence-electron chi connectivity index (χ3n) is 3.17. The SMILES string of the molecule is CCC(C)Nc1ccc(C(C)(C)C(=O)O)cc1. The van der Waals surface area contributed by atoms with Gasteiger partial charge in [0.1, 0.15) is 0 Å². The number of carboxylic acids is 1. The van der Waals surface area contributed by atoms with Gasteiger partial charge >= 0.3 is 5.97 Å². The smallest absolute Gasteiger partial charge is 0.313 e. The zero-order valence-corrected chi connectivity index (χ0v) is 10.9. The number of rotatable bonds is 5. The number of benzene rings is 1. The summed E-state index contributed by atoms with van der Waals surface area (Å²) in [6.45, 7) is 7.67. The molecule has 0 bridgehead atoms. The summed E-state index contributed by atoms with van der Waals surface area (Å²) in [7, 11) is 0. The van der Waals surface area contributed by atoms with Crippen molar-refractivity contribution in [3.63, 3.8) is 0 Å². The molecular formula is C14H21NO2. The molecule has 1 atom stereocenters. The van der Waals surface area contributed by atoms with Gasteiger partial charge in [-0.3, -0.25) is 4.79 Å². The molecule has 0 fully saturated rings. The Morgan fingerprint density at radius 2 is 1.88 bits per heavy atom. The summed E-state index contributed by atoms with van der Waals surface area (Å²) in [5, 5.41) is 12.5. The second-order valence-corrected chi connectivity index (χ2v) is 4.96. The highest BCUT2D eigenvalue weighted by atomic mass is 16.4. The van der Waals surface area contributed by atoms with Crippen LogP contribution in [0.3, 0.4) is 0 Å². The Balaban J connectivity index is 2.85. The van der Waals surface area contributed by atoms with Gasteiger partial charge in [-0.15, -0.1) is 0 Å². The zero-order chi connectivity index (χ0) is 13.1. The van der Waals surface area contributed by atoms with Gasteiger partial charge in [0.15, 0.2) is 0 Å². The standard InChI is InChI=1S/C14H21NO2/c1-5-10(2)15-12-8-6-11(7-9-12)14(3,4)13(16)17/h6-10,15H,5H2,1-4H3,(H,16,17). The van der Waals surface area contributed by atoms with Crippen LogP contribution in [-0.4, -0.2) is 17.1 Å². The second-order valence-electron chi connectivity index (χ2n) is 4.96. The number of carboxylic acid groups (broad SMARTS) is 1. The van der Waals surface area contributed by atoms with E-state index in [9.17, 15) is 4.79 Å². The van der Waals surface area contributed by atoms with Crippen molar-refractivity contribution in [2.24, 2.45) is 0 Å². The van der Waals surface area contributed by atoms with E-state index >= 15 is 0 Å². The van der Waals surface area contributed by atoms with E-state index in [1.165, 1.54) is 0 Å². The summed E-state index contributed by atoms with van der Waals surface area (Å²) >= 11 is 0. The molecule has 2 N–H and O–H groups in total. The molecule has 0 aliphatic carbocycles. The van der Waals surface area contributed by atoms with Gasteiger partial charge in [-0.25, -0.2) is 0 Å². The van der Waals surface area contributed by atoms with Gasteiger partial charge in [0, 0.05) is 11.7 Å². The van der Waals surface area contributed by atoms with Crippen molar-refractivity contribution in [3.8, 4) is 0 Å². The topological polar surface area (TPSA) is 49.3 Å². The highest BCUT2D eigenvalue weighted by Crippen LogP contribution is 2.25. The van der Waals surface area contributed by atoms with Crippen molar-refractivity contribution in [3.05, 3.63) is 29.8 Å². The van der Waals surface area contributed by atoms with Gasteiger partial charge in [-0.2, -0.15) is 0 Å². The van der Waals surface area contributed by atoms with E-state index in [1.54, 1.807) is 13.8 Å². The number of aliphatic carboxylic acids is 1. The Morgan fingerprint density at radius 3 is 2.29 bits per heavy atom. The van der Waals surface area contributed by atoms with Crippen molar-refractivity contribution in [2.45, 2.75) is 45.6 Å². The minimum Gasteiger partial charge on any atom is -0.481 e.